The van der Waals surface area contributed by atoms with E-state index in [0.29, 0.717) is 18.8 Å². The molecule has 2 amide bonds. The van der Waals surface area contributed by atoms with Gasteiger partial charge in [0.15, 0.2) is 0 Å². The van der Waals surface area contributed by atoms with Gasteiger partial charge >= 0.3 is 0 Å². The zero-order valence-electron chi connectivity index (χ0n) is 16.3. The highest BCUT2D eigenvalue weighted by Crippen LogP contribution is 2.32. The molecule has 0 bridgehead atoms. The normalized spacial score (nSPS) is 21.5. The highest BCUT2D eigenvalue weighted by Gasteiger charge is 2.36. The molecule has 7 nitrogen and oxygen atoms in total. The number of nitrogens with one attached hydrogen (secondary N) is 1. The Morgan fingerprint density at radius 3 is 2.70 bits per heavy atom. The number of likely N-dealkylation sites (N-methyl/N-ethyl adjacent to an activating group) is 1. The van der Waals surface area contributed by atoms with Crippen LogP contribution in [0.1, 0.15) is 12.8 Å². The smallest absolute Gasteiger partial charge is 0.227 e. The number of benzene rings is 1. The number of methoxy groups -OCH3 is 1. The summed E-state index contributed by atoms with van der Waals surface area (Å²) < 4.78 is 5.34. The van der Waals surface area contributed by atoms with Gasteiger partial charge in [-0.25, -0.2) is 0 Å². The molecule has 2 saturated heterocycles. The fraction of sp³-hybridized carbons (Fsp3) is 0.600. The molecule has 0 aliphatic carbocycles. The average molecular weight is 374 g/mol. The molecule has 148 valence electrons. The predicted octanol–water partition coefficient (Wildman–Crippen LogP) is 0.802. The number of anilines is 1. The summed E-state index contributed by atoms with van der Waals surface area (Å²) in [6, 6.07) is 7.42. The summed E-state index contributed by atoms with van der Waals surface area (Å²) in [5, 5.41) is 3.01. The summed E-state index contributed by atoms with van der Waals surface area (Å²) in [5.74, 6) is 0.293. The van der Waals surface area contributed by atoms with Crippen LogP contribution in [0, 0.1) is 5.92 Å². The van der Waals surface area contributed by atoms with Crippen LogP contribution in [0.2, 0.25) is 0 Å². The Hall–Kier alpha value is -2.12. The number of hydrogen-bond donors (Lipinski definition) is 1. The first-order chi connectivity index (χ1) is 13.1. The van der Waals surface area contributed by atoms with Gasteiger partial charge < -0.3 is 24.8 Å². The molecule has 27 heavy (non-hydrogen) atoms. The van der Waals surface area contributed by atoms with Crippen LogP contribution in [0.3, 0.4) is 0 Å². The van der Waals surface area contributed by atoms with Crippen molar-refractivity contribution in [3.05, 3.63) is 24.3 Å². The molecule has 0 radical (unpaired) electrons. The molecule has 1 unspecified atom stereocenters. The lowest BCUT2D eigenvalue weighted by Crippen LogP contribution is -2.45. The highest BCUT2D eigenvalue weighted by atomic mass is 16.5. The number of carbonyl (C=O) groups is 2. The molecule has 2 fully saturated rings. The van der Waals surface area contributed by atoms with Crippen LogP contribution in [0.25, 0.3) is 0 Å². The number of carbonyl (C=O) groups excluding carboxylic acids is 2. The second-order valence-electron chi connectivity index (χ2n) is 7.37. The first-order valence-electron chi connectivity index (χ1n) is 9.70. The van der Waals surface area contributed by atoms with E-state index in [4.69, 9.17) is 4.74 Å². The highest BCUT2D eigenvalue weighted by molar-refractivity contribution is 6.01. The van der Waals surface area contributed by atoms with Crippen molar-refractivity contribution in [1.29, 1.82) is 0 Å². The summed E-state index contributed by atoms with van der Waals surface area (Å²) in [4.78, 5) is 31.3. The van der Waals surface area contributed by atoms with E-state index in [1.807, 2.05) is 24.3 Å². The van der Waals surface area contributed by atoms with E-state index in [1.165, 1.54) is 0 Å². The van der Waals surface area contributed by atoms with Crippen molar-refractivity contribution < 1.29 is 14.3 Å². The van der Waals surface area contributed by atoms with Gasteiger partial charge in [0.1, 0.15) is 5.75 Å². The van der Waals surface area contributed by atoms with Crippen LogP contribution in [0.15, 0.2) is 24.3 Å². The van der Waals surface area contributed by atoms with Gasteiger partial charge in [-0.05, 0) is 32.1 Å². The first kappa shape index (κ1) is 19.6. The van der Waals surface area contributed by atoms with Crippen molar-refractivity contribution in [1.82, 2.24) is 15.1 Å². The summed E-state index contributed by atoms with van der Waals surface area (Å²) in [6.07, 6.45) is 1.19. The van der Waals surface area contributed by atoms with Gasteiger partial charge in [-0.1, -0.05) is 12.1 Å². The van der Waals surface area contributed by atoms with Crippen molar-refractivity contribution in [2.75, 3.05) is 64.9 Å². The average Bonchev–Trinajstić information content (AvgIpc) is 3.08. The molecular weight excluding hydrogens is 344 g/mol. The van der Waals surface area contributed by atoms with Crippen molar-refractivity contribution in [3.63, 3.8) is 0 Å². The van der Waals surface area contributed by atoms with Gasteiger partial charge in [-0.15, -0.1) is 0 Å². The Balaban J connectivity index is 1.44. The minimum atomic E-state index is -0.300. The third kappa shape index (κ3) is 4.99. The number of ether oxygens (including phenoxy) is 1. The van der Waals surface area contributed by atoms with Crippen molar-refractivity contribution in [2.24, 2.45) is 5.92 Å². The summed E-state index contributed by atoms with van der Waals surface area (Å²) in [7, 11) is 3.73. The number of rotatable bonds is 7. The van der Waals surface area contributed by atoms with Gasteiger partial charge in [0.2, 0.25) is 11.8 Å². The van der Waals surface area contributed by atoms with Crippen LogP contribution in [-0.4, -0.2) is 81.6 Å². The molecular formula is C20H30N4O3. The van der Waals surface area contributed by atoms with E-state index in [2.05, 4.69) is 22.2 Å². The monoisotopic (exact) mass is 374 g/mol. The van der Waals surface area contributed by atoms with E-state index < -0.39 is 0 Å². The van der Waals surface area contributed by atoms with Crippen LogP contribution in [-0.2, 0) is 9.59 Å². The molecule has 1 atom stereocenters. The first-order valence-corrected chi connectivity index (χ1v) is 9.70. The lowest BCUT2D eigenvalue weighted by molar-refractivity contribution is -0.126. The number of nitrogens with zero attached hydrogens (tertiary/aromatic N) is 3. The van der Waals surface area contributed by atoms with Gasteiger partial charge in [0, 0.05) is 45.7 Å². The Bertz CT molecular complexity index is 658. The maximum Gasteiger partial charge on any atom is 0.227 e. The second-order valence-corrected chi connectivity index (χ2v) is 7.37. The minimum Gasteiger partial charge on any atom is -0.495 e. The number of para-hydroxylation sites is 2. The van der Waals surface area contributed by atoms with E-state index in [1.54, 1.807) is 12.0 Å². The van der Waals surface area contributed by atoms with Crippen LogP contribution in [0.4, 0.5) is 5.69 Å². The van der Waals surface area contributed by atoms with Crippen molar-refractivity contribution in [2.45, 2.75) is 12.8 Å². The van der Waals surface area contributed by atoms with Gasteiger partial charge in [0.25, 0.3) is 0 Å². The SMILES string of the molecule is COc1ccccc1N1CC(C(=O)NCCCN2CCN(C)CC2)CC1=O. The van der Waals surface area contributed by atoms with Crippen molar-refractivity contribution >= 4 is 17.5 Å². The van der Waals surface area contributed by atoms with Gasteiger partial charge in [-0.2, -0.15) is 0 Å². The maximum atomic E-state index is 12.5. The summed E-state index contributed by atoms with van der Waals surface area (Å²) in [6.45, 7) is 6.47. The number of amides is 2. The third-order valence-corrected chi connectivity index (χ3v) is 5.42. The molecule has 2 aliphatic rings. The van der Waals surface area contributed by atoms with Crippen molar-refractivity contribution in [3.8, 4) is 5.75 Å². The fourth-order valence-electron chi connectivity index (χ4n) is 3.70. The Labute approximate surface area is 161 Å². The largest absolute Gasteiger partial charge is 0.495 e. The zero-order valence-corrected chi connectivity index (χ0v) is 16.3. The molecule has 1 aromatic rings. The molecule has 2 heterocycles. The zero-order chi connectivity index (χ0) is 19.2. The molecule has 0 spiro atoms. The third-order valence-electron chi connectivity index (χ3n) is 5.42. The minimum absolute atomic E-state index is 0.0286. The lowest BCUT2D eigenvalue weighted by atomic mass is 10.1. The molecule has 2 aliphatic heterocycles. The standard InChI is InChI=1S/C20H30N4O3/c1-22-10-12-23(13-11-22)9-5-8-21-20(26)16-14-19(25)24(15-16)17-6-3-4-7-18(17)27-2/h3-4,6-7,16H,5,8-15H2,1-2H3,(H,21,26). The topological polar surface area (TPSA) is 65.1 Å². The Kier molecular flexibility index (Phi) is 6.68. The van der Waals surface area contributed by atoms with Gasteiger partial charge in [-0.3, -0.25) is 9.59 Å². The van der Waals surface area contributed by atoms with Gasteiger partial charge in [0.05, 0.1) is 18.7 Å². The predicted molar refractivity (Wildman–Crippen MR) is 105 cm³/mol. The van der Waals surface area contributed by atoms with Crippen LogP contribution < -0.4 is 15.0 Å². The number of piperazine rings is 1. The van der Waals surface area contributed by atoms with Crippen LogP contribution in [0.5, 0.6) is 5.75 Å². The lowest BCUT2D eigenvalue weighted by Gasteiger charge is -2.32. The molecule has 1 N–H and O–H groups in total. The Morgan fingerprint density at radius 2 is 1.96 bits per heavy atom. The second kappa shape index (κ2) is 9.19. The van der Waals surface area contributed by atoms with E-state index in [9.17, 15) is 9.59 Å². The molecule has 0 saturated carbocycles. The summed E-state index contributed by atoms with van der Waals surface area (Å²) >= 11 is 0. The maximum absolute atomic E-state index is 12.5. The molecule has 3 rings (SSSR count). The molecule has 0 aromatic heterocycles. The fourth-order valence-corrected chi connectivity index (χ4v) is 3.70. The van der Waals surface area contributed by atoms with E-state index >= 15 is 0 Å². The quantitative estimate of drug-likeness (QED) is 0.716. The summed E-state index contributed by atoms with van der Waals surface area (Å²) in [5.41, 5.74) is 0.732. The van der Waals surface area contributed by atoms with E-state index in [-0.39, 0.29) is 24.2 Å². The molecule has 7 heteroatoms. The van der Waals surface area contributed by atoms with Crippen LogP contribution >= 0.6 is 0 Å². The number of hydrogen-bond acceptors (Lipinski definition) is 5. The van der Waals surface area contributed by atoms with E-state index in [0.717, 1.165) is 44.8 Å². The molecule has 1 aromatic carbocycles. The Morgan fingerprint density at radius 1 is 1.22 bits per heavy atom.